The number of aromatic nitrogens is 3. The molecule has 0 aliphatic rings. The Kier molecular flexibility index (Phi) is 7.03. The molecule has 0 unspecified atom stereocenters. The van der Waals surface area contributed by atoms with Gasteiger partial charge in [0.25, 0.3) is 0 Å². The Morgan fingerprint density at radius 3 is 2.57 bits per heavy atom. The summed E-state index contributed by atoms with van der Waals surface area (Å²) in [5.41, 5.74) is 1.97. The maximum atomic E-state index is 12.3. The SMILES string of the molecule is C=CCn1c(COc2ccc(CC)cc2)nnc1SCC(=O)c1ccccc1. The molecule has 0 saturated heterocycles. The van der Waals surface area contributed by atoms with Gasteiger partial charge in [-0.15, -0.1) is 16.8 Å². The summed E-state index contributed by atoms with van der Waals surface area (Å²) in [5, 5.41) is 9.16. The van der Waals surface area contributed by atoms with Gasteiger partial charge in [-0.3, -0.25) is 9.36 Å². The summed E-state index contributed by atoms with van der Waals surface area (Å²) in [4.78, 5) is 12.3. The predicted molar refractivity (Wildman–Crippen MR) is 112 cm³/mol. The number of carbonyl (C=O) groups excluding carboxylic acids is 1. The van der Waals surface area contributed by atoms with Crippen molar-refractivity contribution in [1.82, 2.24) is 14.8 Å². The minimum atomic E-state index is 0.0626. The van der Waals surface area contributed by atoms with Crippen molar-refractivity contribution >= 4 is 17.5 Å². The number of carbonyl (C=O) groups is 1. The minimum absolute atomic E-state index is 0.0626. The molecule has 5 nitrogen and oxygen atoms in total. The number of ketones is 1. The van der Waals surface area contributed by atoms with Crippen LogP contribution in [-0.4, -0.2) is 26.3 Å². The normalized spacial score (nSPS) is 10.6. The van der Waals surface area contributed by atoms with Crippen LogP contribution in [0.4, 0.5) is 0 Å². The molecule has 0 aliphatic heterocycles. The van der Waals surface area contributed by atoms with Crippen LogP contribution in [0.15, 0.2) is 72.4 Å². The molecule has 3 aromatic rings. The first-order valence-electron chi connectivity index (χ1n) is 9.17. The van der Waals surface area contributed by atoms with E-state index in [-0.39, 0.29) is 5.78 Å². The fourth-order valence-corrected chi connectivity index (χ4v) is 3.51. The van der Waals surface area contributed by atoms with Gasteiger partial charge in [0.2, 0.25) is 0 Å². The van der Waals surface area contributed by atoms with Gasteiger partial charge in [-0.1, -0.05) is 67.2 Å². The smallest absolute Gasteiger partial charge is 0.192 e. The topological polar surface area (TPSA) is 57.0 Å². The molecular weight excluding hydrogens is 370 g/mol. The number of hydrogen-bond donors (Lipinski definition) is 0. The van der Waals surface area contributed by atoms with Gasteiger partial charge in [-0.25, -0.2) is 0 Å². The predicted octanol–water partition coefficient (Wildman–Crippen LogP) is 4.58. The zero-order valence-corrected chi connectivity index (χ0v) is 16.7. The van der Waals surface area contributed by atoms with E-state index in [1.165, 1.54) is 17.3 Å². The standard InChI is InChI=1S/C22H23N3O2S/c1-3-14-25-21(15-27-19-12-10-17(4-2)11-13-19)23-24-22(25)28-16-20(26)18-8-6-5-7-9-18/h3,5-13H,1,4,14-16H2,2H3. The van der Waals surface area contributed by atoms with Gasteiger partial charge in [-0.2, -0.15) is 0 Å². The first-order valence-corrected chi connectivity index (χ1v) is 10.2. The summed E-state index contributed by atoms with van der Waals surface area (Å²) in [5.74, 6) is 1.86. The third-order valence-corrected chi connectivity index (χ3v) is 5.20. The van der Waals surface area contributed by atoms with Crippen LogP contribution in [0.3, 0.4) is 0 Å². The lowest BCUT2D eigenvalue weighted by Crippen LogP contribution is -2.09. The number of allylic oxidation sites excluding steroid dienone is 1. The number of Topliss-reactive ketones (excluding diaryl/α,β-unsaturated/α-hetero) is 1. The van der Waals surface area contributed by atoms with E-state index >= 15 is 0 Å². The van der Waals surface area contributed by atoms with Crippen molar-refractivity contribution in [2.45, 2.75) is 31.7 Å². The molecule has 0 bridgehead atoms. The zero-order valence-electron chi connectivity index (χ0n) is 15.9. The van der Waals surface area contributed by atoms with Crippen molar-refractivity contribution in [2.75, 3.05) is 5.75 Å². The number of ether oxygens (including phenoxy) is 1. The van der Waals surface area contributed by atoms with Crippen molar-refractivity contribution in [1.29, 1.82) is 0 Å². The number of aryl methyl sites for hydroxylation is 1. The second-order valence-electron chi connectivity index (χ2n) is 6.16. The highest BCUT2D eigenvalue weighted by Crippen LogP contribution is 2.20. The molecule has 6 heteroatoms. The van der Waals surface area contributed by atoms with Crippen LogP contribution in [0.1, 0.15) is 28.7 Å². The van der Waals surface area contributed by atoms with Gasteiger partial charge in [0.15, 0.2) is 16.8 Å². The third-order valence-electron chi connectivity index (χ3n) is 4.23. The summed E-state index contributed by atoms with van der Waals surface area (Å²) >= 11 is 1.37. The summed E-state index contributed by atoms with van der Waals surface area (Å²) in [7, 11) is 0. The summed E-state index contributed by atoms with van der Waals surface area (Å²) in [6.07, 6.45) is 2.78. The largest absolute Gasteiger partial charge is 0.486 e. The zero-order chi connectivity index (χ0) is 19.8. The Hall–Kier alpha value is -2.86. The lowest BCUT2D eigenvalue weighted by atomic mass is 10.2. The van der Waals surface area contributed by atoms with Crippen LogP contribution >= 0.6 is 11.8 Å². The van der Waals surface area contributed by atoms with Crippen molar-refractivity contribution in [3.63, 3.8) is 0 Å². The molecule has 0 radical (unpaired) electrons. The van der Waals surface area contributed by atoms with Crippen molar-refractivity contribution in [3.05, 3.63) is 84.2 Å². The lowest BCUT2D eigenvalue weighted by Gasteiger charge is -2.09. The van der Waals surface area contributed by atoms with E-state index in [1.807, 2.05) is 47.0 Å². The van der Waals surface area contributed by atoms with Crippen molar-refractivity contribution in [3.8, 4) is 5.75 Å². The maximum Gasteiger partial charge on any atom is 0.192 e. The highest BCUT2D eigenvalue weighted by Gasteiger charge is 2.14. The van der Waals surface area contributed by atoms with Gasteiger partial charge >= 0.3 is 0 Å². The fraction of sp³-hybridized carbons (Fsp3) is 0.227. The Labute approximate surface area is 169 Å². The molecule has 0 spiro atoms. The van der Waals surface area contributed by atoms with Crippen LogP contribution in [0.25, 0.3) is 0 Å². The van der Waals surface area contributed by atoms with Crippen LogP contribution < -0.4 is 4.74 Å². The Balaban J connectivity index is 1.65. The number of rotatable bonds is 10. The van der Waals surface area contributed by atoms with Crippen LogP contribution in [-0.2, 0) is 19.6 Å². The second-order valence-corrected chi connectivity index (χ2v) is 7.10. The summed E-state index contributed by atoms with van der Waals surface area (Å²) in [6, 6.07) is 17.3. The van der Waals surface area contributed by atoms with Gasteiger partial charge in [0.1, 0.15) is 12.4 Å². The average Bonchev–Trinajstić information content (AvgIpc) is 3.13. The van der Waals surface area contributed by atoms with Gasteiger partial charge in [-0.05, 0) is 24.1 Å². The van der Waals surface area contributed by atoms with Crippen molar-refractivity contribution < 1.29 is 9.53 Å². The number of hydrogen-bond acceptors (Lipinski definition) is 5. The van der Waals surface area contributed by atoms with E-state index in [0.29, 0.717) is 35.4 Å². The first-order chi connectivity index (χ1) is 13.7. The van der Waals surface area contributed by atoms with E-state index in [0.717, 1.165) is 12.2 Å². The number of thioether (sulfide) groups is 1. The second kappa shape index (κ2) is 9.90. The van der Waals surface area contributed by atoms with Gasteiger partial charge in [0, 0.05) is 12.1 Å². The van der Waals surface area contributed by atoms with E-state index in [4.69, 9.17) is 4.74 Å². The highest BCUT2D eigenvalue weighted by molar-refractivity contribution is 7.99. The molecule has 2 aromatic carbocycles. The fourth-order valence-electron chi connectivity index (χ4n) is 2.65. The van der Waals surface area contributed by atoms with Gasteiger partial charge in [0.05, 0.1) is 5.75 Å². The van der Waals surface area contributed by atoms with Gasteiger partial charge < -0.3 is 4.74 Å². The molecule has 0 N–H and O–H groups in total. The summed E-state index contributed by atoms with van der Waals surface area (Å²) in [6.45, 7) is 6.79. The molecule has 3 rings (SSSR count). The molecule has 0 saturated carbocycles. The average molecular weight is 394 g/mol. The monoisotopic (exact) mass is 393 g/mol. The van der Waals surface area contributed by atoms with E-state index in [2.05, 4.69) is 35.8 Å². The summed E-state index contributed by atoms with van der Waals surface area (Å²) < 4.78 is 7.78. The van der Waals surface area contributed by atoms with E-state index < -0.39 is 0 Å². The number of nitrogens with zero attached hydrogens (tertiary/aromatic N) is 3. The highest BCUT2D eigenvalue weighted by atomic mass is 32.2. The quantitative estimate of drug-likeness (QED) is 0.287. The Bertz CT molecular complexity index is 921. The molecule has 0 amide bonds. The van der Waals surface area contributed by atoms with Crippen LogP contribution in [0, 0.1) is 0 Å². The molecule has 1 aromatic heterocycles. The Morgan fingerprint density at radius 2 is 1.89 bits per heavy atom. The van der Waals surface area contributed by atoms with Crippen LogP contribution in [0.5, 0.6) is 5.75 Å². The first kappa shape index (κ1) is 19.9. The maximum absolute atomic E-state index is 12.3. The van der Waals surface area contributed by atoms with E-state index in [1.54, 1.807) is 6.08 Å². The third kappa shape index (κ3) is 5.10. The van der Waals surface area contributed by atoms with Crippen molar-refractivity contribution in [2.24, 2.45) is 0 Å². The van der Waals surface area contributed by atoms with Crippen LogP contribution in [0.2, 0.25) is 0 Å². The molecular formula is C22H23N3O2S. The van der Waals surface area contributed by atoms with E-state index in [9.17, 15) is 4.79 Å². The molecule has 1 heterocycles. The number of benzene rings is 2. The molecule has 144 valence electrons. The Morgan fingerprint density at radius 1 is 1.14 bits per heavy atom. The molecule has 28 heavy (non-hydrogen) atoms. The molecule has 0 fully saturated rings. The lowest BCUT2D eigenvalue weighted by molar-refractivity contribution is 0.102. The molecule has 0 atom stereocenters. The molecule has 0 aliphatic carbocycles. The minimum Gasteiger partial charge on any atom is -0.486 e.